The van der Waals surface area contributed by atoms with E-state index < -0.39 is 17.8 Å². The zero-order chi connectivity index (χ0) is 13.8. The van der Waals surface area contributed by atoms with Gasteiger partial charge in [-0.05, 0) is 39.5 Å². The van der Waals surface area contributed by atoms with Crippen LogP contribution in [0.3, 0.4) is 0 Å². The SMILES string of the molecule is O=C(NCC(O)c1cccs1)c1c(F)cccc1Br. The Labute approximate surface area is 122 Å². The molecule has 0 aliphatic carbocycles. The second-order valence-corrected chi connectivity index (χ2v) is 5.67. The molecular weight excluding hydrogens is 333 g/mol. The van der Waals surface area contributed by atoms with Crippen molar-refractivity contribution in [2.45, 2.75) is 6.10 Å². The molecule has 1 aromatic heterocycles. The van der Waals surface area contributed by atoms with E-state index in [1.165, 1.54) is 23.5 Å². The van der Waals surface area contributed by atoms with Gasteiger partial charge in [0.15, 0.2) is 0 Å². The predicted octanol–water partition coefficient (Wildman–Crippen LogP) is 3.11. The molecule has 1 amide bonds. The zero-order valence-electron chi connectivity index (χ0n) is 9.77. The number of amides is 1. The van der Waals surface area contributed by atoms with E-state index in [0.717, 1.165) is 4.88 Å². The minimum Gasteiger partial charge on any atom is -0.386 e. The first kappa shape index (κ1) is 14.2. The van der Waals surface area contributed by atoms with E-state index in [0.29, 0.717) is 4.47 Å². The Bertz CT molecular complexity index is 554. The summed E-state index contributed by atoms with van der Waals surface area (Å²) in [6, 6.07) is 7.92. The molecule has 0 fully saturated rings. The lowest BCUT2D eigenvalue weighted by Crippen LogP contribution is -2.29. The molecule has 0 aliphatic rings. The van der Waals surface area contributed by atoms with Crippen molar-refractivity contribution in [1.29, 1.82) is 0 Å². The molecule has 0 spiro atoms. The zero-order valence-corrected chi connectivity index (χ0v) is 12.2. The maximum Gasteiger partial charge on any atom is 0.255 e. The highest BCUT2D eigenvalue weighted by molar-refractivity contribution is 9.10. The number of hydrogen-bond donors (Lipinski definition) is 2. The molecule has 2 rings (SSSR count). The van der Waals surface area contributed by atoms with E-state index in [9.17, 15) is 14.3 Å². The minimum atomic E-state index is -0.783. The summed E-state index contributed by atoms with van der Waals surface area (Å²) >= 11 is 4.53. The number of thiophene rings is 1. The smallest absolute Gasteiger partial charge is 0.255 e. The van der Waals surface area contributed by atoms with Crippen LogP contribution >= 0.6 is 27.3 Å². The highest BCUT2D eigenvalue weighted by Crippen LogP contribution is 2.21. The van der Waals surface area contributed by atoms with Crippen molar-refractivity contribution < 1.29 is 14.3 Å². The highest BCUT2D eigenvalue weighted by Gasteiger charge is 2.17. The van der Waals surface area contributed by atoms with Gasteiger partial charge in [-0.25, -0.2) is 4.39 Å². The Morgan fingerprint density at radius 3 is 2.84 bits per heavy atom. The van der Waals surface area contributed by atoms with Crippen LogP contribution in [0.4, 0.5) is 4.39 Å². The van der Waals surface area contributed by atoms with E-state index in [2.05, 4.69) is 21.2 Å². The number of carbonyl (C=O) groups is 1. The number of benzene rings is 1. The Morgan fingerprint density at radius 1 is 1.42 bits per heavy atom. The molecule has 0 saturated carbocycles. The standard InChI is InChI=1S/C13H11BrFNO2S/c14-8-3-1-4-9(15)12(8)13(18)16-7-10(17)11-5-2-6-19-11/h1-6,10,17H,7H2,(H,16,18). The van der Waals surface area contributed by atoms with Crippen LogP contribution in [0.15, 0.2) is 40.2 Å². The van der Waals surface area contributed by atoms with Gasteiger partial charge in [-0.3, -0.25) is 4.79 Å². The number of nitrogens with one attached hydrogen (secondary N) is 1. The van der Waals surface area contributed by atoms with Crippen molar-refractivity contribution in [2.24, 2.45) is 0 Å². The van der Waals surface area contributed by atoms with Crippen LogP contribution in [0.25, 0.3) is 0 Å². The summed E-state index contributed by atoms with van der Waals surface area (Å²) in [5, 5.41) is 14.2. The molecule has 2 aromatic rings. The van der Waals surface area contributed by atoms with Crippen LogP contribution in [0.5, 0.6) is 0 Å². The molecule has 1 heterocycles. The summed E-state index contributed by atoms with van der Waals surface area (Å²) in [7, 11) is 0. The number of aliphatic hydroxyl groups is 1. The van der Waals surface area contributed by atoms with Gasteiger partial charge in [-0.15, -0.1) is 11.3 Å². The Morgan fingerprint density at radius 2 is 2.21 bits per heavy atom. The van der Waals surface area contributed by atoms with E-state index in [-0.39, 0.29) is 12.1 Å². The molecule has 3 nitrogen and oxygen atoms in total. The summed E-state index contributed by atoms with van der Waals surface area (Å²) in [6.07, 6.45) is -0.783. The normalized spacial score (nSPS) is 12.2. The first-order chi connectivity index (χ1) is 9.09. The fraction of sp³-hybridized carbons (Fsp3) is 0.154. The van der Waals surface area contributed by atoms with Crippen LogP contribution in [0.1, 0.15) is 21.3 Å². The number of carbonyl (C=O) groups excluding carboxylic acids is 1. The average Bonchev–Trinajstić information content (AvgIpc) is 2.89. The van der Waals surface area contributed by atoms with Gasteiger partial charge in [0.1, 0.15) is 11.9 Å². The molecule has 19 heavy (non-hydrogen) atoms. The van der Waals surface area contributed by atoms with Gasteiger partial charge in [-0.1, -0.05) is 12.1 Å². The summed E-state index contributed by atoms with van der Waals surface area (Å²) in [5.41, 5.74) is -0.0547. The van der Waals surface area contributed by atoms with Crippen molar-refractivity contribution in [3.63, 3.8) is 0 Å². The monoisotopic (exact) mass is 343 g/mol. The third-order valence-electron chi connectivity index (χ3n) is 2.52. The summed E-state index contributed by atoms with van der Waals surface area (Å²) in [5.74, 6) is -1.15. The van der Waals surface area contributed by atoms with Crippen LogP contribution in [-0.2, 0) is 0 Å². The summed E-state index contributed by atoms with van der Waals surface area (Å²) in [6.45, 7) is 0.0418. The van der Waals surface area contributed by atoms with Crippen molar-refractivity contribution in [2.75, 3.05) is 6.54 Å². The largest absolute Gasteiger partial charge is 0.386 e. The van der Waals surface area contributed by atoms with Crippen LogP contribution < -0.4 is 5.32 Å². The van der Waals surface area contributed by atoms with Crippen LogP contribution in [-0.4, -0.2) is 17.6 Å². The Hall–Kier alpha value is -1.24. The van der Waals surface area contributed by atoms with Crippen molar-refractivity contribution in [1.82, 2.24) is 5.32 Å². The molecule has 2 N–H and O–H groups in total. The molecule has 1 aromatic carbocycles. The Balaban J connectivity index is 2.02. The number of aliphatic hydroxyl groups excluding tert-OH is 1. The van der Waals surface area contributed by atoms with Gasteiger partial charge in [-0.2, -0.15) is 0 Å². The average molecular weight is 344 g/mol. The highest BCUT2D eigenvalue weighted by atomic mass is 79.9. The first-order valence-electron chi connectivity index (χ1n) is 5.53. The second-order valence-electron chi connectivity index (χ2n) is 3.84. The molecule has 1 atom stereocenters. The molecule has 6 heteroatoms. The first-order valence-corrected chi connectivity index (χ1v) is 7.20. The van der Waals surface area contributed by atoms with Crippen LogP contribution in [0, 0.1) is 5.82 Å². The predicted molar refractivity (Wildman–Crippen MR) is 75.7 cm³/mol. The van der Waals surface area contributed by atoms with Gasteiger partial charge in [0, 0.05) is 15.9 Å². The fourth-order valence-corrected chi connectivity index (χ4v) is 2.81. The lowest BCUT2D eigenvalue weighted by atomic mass is 10.2. The van der Waals surface area contributed by atoms with E-state index >= 15 is 0 Å². The van der Waals surface area contributed by atoms with Gasteiger partial charge in [0.05, 0.1) is 5.56 Å². The van der Waals surface area contributed by atoms with Gasteiger partial charge < -0.3 is 10.4 Å². The van der Waals surface area contributed by atoms with Crippen LogP contribution in [0.2, 0.25) is 0 Å². The third-order valence-corrected chi connectivity index (χ3v) is 4.15. The summed E-state index contributed by atoms with van der Waals surface area (Å²) < 4.78 is 13.9. The molecule has 1 unspecified atom stereocenters. The number of halogens is 2. The van der Waals surface area contributed by atoms with E-state index in [1.54, 1.807) is 12.1 Å². The lowest BCUT2D eigenvalue weighted by molar-refractivity contribution is 0.0913. The molecule has 0 saturated heterocycles. The quantitative estimate of drug-likeness (QED) is 0.895. The van der Waals surface area contributed by atoms with Gasteiger partial charge in [0.2, 0.25) is 0 Å². The summed E-state index contributed by atoms with van der Waals surface area (Å²) in [4.78, 5) is 12.6. The molecule has 0 aliphatic heterocycles. The van der Waals surface area contributed by atoms with Crippen molar-refractivity contribution >= 4 is 33.2 Å². The topological polar surface area (TPSA) is 49.3 Å². The fourth-order valence-electron chi connectivity index (χ4n) is 1.57. The molecule has 0 bridgehead atoms. The molecule has 100 valence electrons. The van der Waals surface area contributed by atoms with Crippen molar-refractivity contribution in [3.8, 4) is 0 Å². The van der Waals surface area contributed by atoms with E-state index in [4.69, 9.17) is 0 Å². The van der Waals surface area contributed by atoms with Gasteiger partial charge in [0.25, 0.3) is 5.91 Å². The van der Waals surface area contributed by atoms with Gasteiger partial charge >= 0.3 is 0 Å². The third kappa shape index (κ3) is 3.40. The number of hydrogen-bond acceptors (Lipinski definition) is 3. The molecule has 0 radical (unpaired) electrons. The maximum atomic E-state index is 13.5. The lowest BCUT2D eigenvalue weighted by Gasteiger charge is -2.11. The van der Waals surface area contributed by atoms with E-state index in [1.807, 2.05) is 11.4 Å². The second kappa shape index (κ2) is 6.27. The maximum absolute atomic E-state index is 13.5. The number of rotatable bonds is 4. The molecular formula is C13H11BrFNO2S. The minimum absolute atomic E-state index is 0.0418. The van der Waals surface area contributed by atoms with Crippen molar-refractivity contribution in [3.05, 3.63) is 56.4 Å². The Kier molecular flexibility index (Phi) is 4.68.